The molecule has 8 unspecified atom stereocenters. The van der Waals surface area contributed by atoms with E-state index in [0.29, 0.717) is 24.3 Å². The highest BCUT2D eigenvalue weighted by atomic mass is 16.5. The van der Waals surface area contributed by atoms with E-state index in [4.69, 9.17) is 4.74 Å². The minimum absolute atomic E-state index is 0.0920. The molecule has 4 heteroatoms. The molecule has 0 aromatic rings. The molecule has 2 saturated carbocycles. The fourth-order valence-electron chi connectivity index (χ4n) is 6.61. The van der Waals surface area contributed by atoms with Crippen LogP contribution in [-0.2, 0) is 9.53 Å². The number of fused-ring (bicyclic) bond motifs is 6. The van der Waals surface area contributed by atoms with Crippen LogP contribution in [0.1, 0.15) is 45.4 Å². The van der Waals surface area contributed by atoms with E-state index in [1.165, 1.54) is 25.7 Å². The van der Waals surface area contributed by atoms with Crippen LogP contribution < -0.4 is 10.9 Å². The first-order chi connectivity index (χ1) is 12.2. The first kappa shape index (κ1) is 16.1. The highest BCUT2D eigenvalue weighted by molar-refractivity contribution is 5.70. The molecule has 25 heavy (non-hydrogen) atoms. The van der Waals surface area contributed by atoms with Gasteiger partial charge in [-0.2, -0.15) is 0 Å². The van der Waals surface area contributed by atoms with Crippen molar-refractivity contribution in [2.75, 3.05) is 6.54 Å². The molecule has 0 spiro atoms. The van der Waals surface area contributed by atoms with Gasteiger partial charge in [0.2, 0.25) is 0 Å². The number of hydrogen-bond donors (Lipinski definition) is 2. The van der Waals surface area contributed by atoms with Crippen molar-refractivity contribution >= 4 is 5.97 Å². The lowest BCUT2D eigenvalue weighted by Crippen LogP contribution is -2.47. The van der Waals surface area contributed by atoms with Crippen LogP contribution >= 0.6 is 0 Å². The number of carbonyl (C=O) groups is 1. The minimum atomic E-state index is -0.0920. The van der Waals surface area contributed by atoms with Gasteiger partial charge in [-0.3, -0.25) is 15.6 Å². The molecule has 0 aromatic carbocycles. The molecule has 1 heterocycles. The Bertz CT molecular complexity index is 613. The van der Waals surface area contributed by atoms with Crippen molar-refractivity contribution in [2.45, 2.75) is 51.5 Å². The second kappa shape index (κ2) is 6.24. The average molecular weight is 342 g/mol. The predicted octanol–water partition coefficient (Wildman–Crippen LogP) is 3.17. The van der Waals surface area contributed by atoms with Crippen LogP contribution in [-0.4, -0.2) is 18.6 Å². The topological polar surface area (TPSA) is 50.4 Å². The molecule has 5 aliphatic rings. The standard InChI is InChI=1S/C21H30N2O2/c1-2-21(24)25-20-8-7-15-14-4-3-12-10-19-13(11-22-23-19)9-18(12)16(14)5-6-17(15)20/h5-6,8,12-19,22-23H,2-4,7,9-11H2,1H3. The van der Waals surface area contributed by atoms with Gasteiger partial charge in [-0.25, -0.2) is 0 Å². The van der Waals surface area contributed by atoms with E-state index in [2.05, 4.69) is 29.1 Å². The van der Waals surface area contributed by atoms with Gasteiger partial charge in [0.05, 0.1) is 0 Å². The molecule has 2 N–H and O–H groups in total. The van der Waals surface area contributed by atoms with E-state index in [1.54, 1.807) is 0 Å². The Morgan fingerprint density at radius 1 is 1.16 bits per heavy atom. The summed E-state index contributed by atoms with van der Waals surface area (Å²) in [4.78, 5) is 11.7. The third kappa shape index (κ3) is 2.60. The van der Waals surface area contributed by atoms with E-state index < -0.39 is 0 Å². The van der Waals surface area contributed by atoms with Crippen LogP contribution in [0.25, 0.3) is 0 Å². The van der Waals surface area contributed by atoms with Crippen molar-refractivity contribution in [3.8, 4) is 0 Å². The fraction of sp³-hybridized carbons (Fsp3) is 0.762. The van der Waals surface area contributed by atoms with Gasteiger partial charge in [0.15, 0.2) is 0 Å². The van der Waals surface area contributed by atoms with Crippen molar-refractivity contribution in [3.63, 3.8) is 0 Å². The zero-order valence-electron chi connectivity index (χ0n) is 15.1. The van der Waals surface area contributed by atoms with E-state index >= 15 is 0 Å². The number of rotatable bonds is 2. The molecule has 3 fully saturated rings. The molecular formula is C21H30N2O2. The lowest BCUT2D eigenvalue weighted by atomic mass is 9.54. The monoisotopic (exact) mass is 342 g/mol. The van der Waals surface area contributed by atoms with Gasteiger partial charge < -0.3 is 4.74 Å². The highest BCUT2D eigenvalue weighted by Gasteiger charge is 2.51. The number of esters is 1. The summed E-state index contributed by atoms with van der Waals surface area (Å²) in [5.41, 5.74) is 6.89. The van der Waals surface area contributed by atoms with Gasteiger partial charge in [-0.1, -0.05) is 19.1 Å². The van der Waals surface area contributed by atoms with Gasteiger partial charge >= 0.3 is 5.97 Å². The predicted molar refractivity (Wildman–Crippen MR) is 96.0 cm³/mol. The third-order valence-corrected chi connectivity index (χ3v) is 7.81. The lowest BCUT2D eigenvalue weighted by Gasteiger charge is -2.51. The Hall–Kier alpha value is -1.13. The van der Waals surface area contributed by atoms with Crippen LogP contribution in [0.3, 0.4) is 0 Å². The maximum Gasteiger partial charge on any atom is 0.310 e. The Balaban J connectivity index is 1.34. The van der Waals surface area contributed by atoms with E-state index in [1.807, 2.05) is 6.92 Å². The summed E-state index contributed by atoms with van der Waals surface area (Å²) in [6.45, 7) is 3.01. The quantitative estimate of drug-likeness (QED) is 0.598. The maximum atomic E-state index is 11.7. The van der Waals surface area contributed by atoms with E-state index in [9.17, 15) is 4.79 Å². The van der Waals surface area contributed by atoms with Gasteiger partial charge in [0, 0.05) is 24.9 Å². The Morgan fingerprint density at radius 3 is 2.96 bits per heavy atom. The highest BCUT2D eigenvalue weighted by Crippen LogP contribution is 2.56. The lowest BCUT2D eigenvalue weighted by molar-refractivity contribution is -0.139. The van der Waals surface area contributed by atoms with Crippen molar-refractivity contribution in [1.82, 2.24) is 10.9 Å². The molecule has 0 radical (unpaired) electrons. The van der Waals surface area contributed by atoms with Gasteiger partial charge in [0.1, 0.15) is 5.76 Å². The first-order valence-corrected chi connectivity index (χ1v) is 10.3. The number of ether oxygens (including phenoxy) is 1. The maximum absolute atomic E-state index is 11.7. The van der Waals surface area contributed by atoms with Gasteiger partial charge in [-0.05, 0) is 73.7 Å². The van der Waals surface area contributed by atoms with Crippen LogP contribution in [0.15, 0.2) is 24.0 Å². The number of hydrazine groups is 1. The first-order valence-electron chi connectivity index (χ1n) is 10.3. The largest absolute Gasteiger partial charge is 0.431 e. The number of carbonyl (C=O) groups excluding carboxylic acids is 1. The summed E-state index contributed by atoms with van der Waals surface area (Å²) in [7, 11) is 0. The Morgan fingerprint density at radius 2 is 2.08 bits per heavy atom. The van der Waals surface area contributed by atoms with Gasteiger partial charge in [-0.15, -0.1) is 0 Å². The van der Waals surface area contributed by atoms with E-state index in [0.717, 1.165) is 48.3 Å². The van der Waals surface area contributed by atoms with Crippen molar-refractivity contribution in [2.24, 2.45) is 41.4 Å². The third-order valence-electron chi connectivity index (χ3n) is 7.81. The molecule has 1 aliphatic heterocycles. The fourth-order valence-corrected chi connectivity index (χ4v) is 6.61. The summed E-state index contributed by atoms with van der Waals surface area (Å²) in [5, 5.41) is 0. The molecule has 0 aromatic heterocycles. The normalized spacial score (nSPS) is 47.3. The summed E-state index contributed by atoms with van der Waals surface area (Å²) in [5.74, 6) is 5.94. The van der Waals surface area contributed by atoms with Crippen molar-refractivity contribution in [1.29, 1.82) is 0 Å². The van der Waals surface area contributed by atoms with Crippen molar-refractivity contribution in [3.05, 3.63) is 24.0 Å². The zero-order valence-corrected chi connectivity index (χ0v) is 15.1. The zero-order chi connectivity index (χ0) is 17.0. The van der Waals surface area contributed by atoms with Crippen LogP contribution in [0, 0.1) is 41.4 Å². The SMILES string of the molecule is CCC(=O)OC1=CCC2C1C=CC1C3CC4CNNC4CC3CCC12. The molecule has 136 valence electrons. The molecule has 4 aliphatic carbocycles. The number of hydrogen-bond acceptors (Lipinski definition) is 4. The van der Waals surface area contributed by atoms with E-state index in [-0.39, 0.29) is 5.97 Å². The summed E-state index contributed by atoms with van der Waals surface area (Å²) >= 11 is 0. The molecule has 1 saturated heterocycles. The van der Waals surface area contributed by atoms with Gasteiger partial charge in [0.25, 0.3) is 0 Å². The second-order valence-electron chi connectivity index (χ2n) is 8.85. The summed E-state index contributed by atoms with van der Waals surface area (Å²) < 4.78 is 5.63. The molecule has 4 nitrogen and oxygen atoms in total. The summed E-state index contributed by atoms with van der Waals surface area (Å²) in [6.07, 6.45) is 14.1. The average Bonchev–Trinajstić information content (AvgIpc) is 3.26. The molecular weight excluding hydrogens is 312 g/mol. The number of nitrogens with one attached hydrogen (secondary N) is 2. The summed E-state index contributed by atoms with van der Waals surface area (Å²) in [6, 6.07) is 0.700. The minimum Gasteiger partial charge on any atom is -0.431 e. The molecule has 5 rings (SSSR count). The molecule has 0 amide bonds. The van der Waals surface area contributed by atoms with Crippen LogP contribution in [0.4, 0.5) is 0 Å². The molecule has 0 bridgehead atoms. The van der Waals surface area contributed by atoms with Crippen molar-refractivity contribution < 1.29 is 9.53 Å². The van der Waals surface area contributed by atoms with Crippen LogP contribution in [0.5, 0.6) is 0 Å². The Labute approximate surface area is 150 Å². The number of allylic oxidation sites excluding steroid dienone is 3. The Kier molecular flexibility index (Phi) is 4.01. The van der Waals surface area contributed by atoms with Crippen LogP contribution in [0.2, 0.25) is 0 Å². The second-order valence-corrected chi connectivity index (χ2v) is 8.85. The molecule has 8 atom stereocenters. The smallest absolute Gasteiger partial charge is 0.310 e.